The summed E-state index contributed by atoms with van der Waals surface area (Å²) in [5.41, 5.74) is 1.11. The van der Waals surface area contributed by atoms with Gasteiger partial charge in [0, 0.05) is 11.6 Å². The van der Waals surface area contributed by atoms with E-state index in [1.54, 1.807) is 0 Å². The van der Waals surface area contributed by atoms with Crippen molar-refractivity contribution in [3.63, 3.8) is 0 Å². The van der Waals surface area contributed by atoms with Crippen molar-refractivity contribution in [3.05, 3.63) is 35.9 Å². The molecule has 1 saturated heterocycles. The maximum absolute atomic E-state index is 3.45. The number of nitrogens with zero attached hydrogens (tertiary/aromatic N) is 1. The van der Waals surface area contributed by atoms with E-state index < -0.39 is 0 Å². The highest BCUT2D eigenvalue weighted by Crippen LogP contribution is 2.10. The van der Waals surface area contributed by atoms with Crippen LogP contribution in [0.15, 0.2) is 30.3 Å². The van der Waals surface area contributed by atoms with E-state index in [4.69, 9.17) is 0 Å². The average molecular weight is 242 g/mol. The summed E-state index contributed by atoms with van der Waals surface area (Å²) in [4.78, 5) is 2.39. The molecule has 1 aromatic rings. The van der Waals surface area contributed by atoms with E-state index in [1.807, 2.05) is 18.2 Å². The molecule has 18 heavy (non-hydrogen) atoms. The van der Waals surface area contributed by atoms with Crippen LogP contribution in [0.1, 0.15) is 24.8 Å². The van der Waals surface area contributed by atoms with E-state index in [-0.39, 0.29) is 0 Å². The zero-order valence-corrected chi connectivity index (χ0v) is 11.2. The molecule has 1 aliphatic rings. The van der Waals surface area contributed by atoms with Gasteiger partial charge >= 0.3 is 0 Å². The lowest BCUT2D eigenvalue weighted by atomic mass is 10.1. The van der Waals surface area contributed by atoms with Crippen LogP contribution in [-0.2, 0) is 0 Å². The van der Waals surface area contributed by atoms with Gasteiger partial charge in [0.25, 0.3) is 0 Å². The molecule has 0 spiro atoms. The van der Waals surface area contributed by atoms with Crippen molar-refractivity contribution in [2.45, 2.75) is 25.3 Å². The first-order chi connectivity index (χ1) is 8.86. The maximum Gasteiger partial charge on any atom is 0.0605 e. The number of rotatable bonds is 2. The second-order valence-electron chi connectivity index (χ2n) is 4.92. The minimum absolute atomic E-state index is 0.685. The Morgan fingerprint density at radius 3 is 2.89 bits per heavy atom. The lowest BCUT2D eigenvalue weighted by Gasteiger charge is -2.24. The smallest absolute Gasteiger partial charge is 0.0605 e. The minimum Gasteiger partial charge on any atom is -0.317 e. The van der Waals surface area contributed by atoms with Crippen LogP contribution < -0.4 is 5.32 Å². The quantitative estimate of drug-likeness (QED) is 0.799. The van der Waals surface area contributed by atoms with Gasteiger partial charge in [-0.3, -0.25) is 4.90 Å². The highest BCUT2D eigenvalue weighted by Gasteiger charge is 2.15. The van der Waals surface area contributed by atoms with Gasteiger partial charge in [0.2, 0.25) is 0 Å². The van der Waals surface area contributed by atoms with E-state index in [1.165, 1.54) is 25.8 Å². The predicted octanol–water partition coefficient (Wildman–Crippen LogP) is 2.11. The summed E-state index contributed by atoms with van der Waals surface area (Å²) in [5.74, 6) is 6.50. The molecule has 96 valence electrons. The molecule has 0 amide bonds. The summed E-state index contributed by atoms with van der Waals surface area (Å²) in [5, 5.41) is 3.45. The van der Waals surface area contributed by atoms with Crippen molar-refractivity contribution in [1.82, 2.24) is 10.2 Å². The van der Waals surface area contributed by atoms with E-state index in [0.29, 0.717) is 6.04 Å². The van der Waals surface area contributed by atoms with E-state index in [2.05, 4.69) is 41.2 Å². The highest BCUT2D eigenvalue weighted by molar-refractivity contribution is 5.33. The number of hydrogen-bond donors (Lipinski definition) is 1. The Morgan fingerprint density at radius 1 is 1.22 bits per heavy atom. The van der Waals surface area contributed by atoms with Gasteiger partial charge in [-0.25, -0.2) is 0 Å². The molecular formula is C16H22N2. The van der Waals surface area contributed by atoms with Crippen molar-refractivity contribution in [2.24, 2.45) is 0 Å². The maximum atomic E-state index is 3.45. The van der Waals surface area contributed by atoms with Crippen LogP contribution in [0.2, 0.25) is 0 Å². The van der Waals surface area contributed by atoms with Crippen LogP contribution in [0.3, 0.4) is 0 Å². The summed E-state index contributed by atoms with van der Waals surface area (Å²) in [6.45, 7) is 3.17. The second kappa shape index (κ2) is 7.20. The minimum atomic E-state index is 0.685. The molecule has 1 aromatic carbocycles. The molecule has 1 atom stereocenters. The van der Waals surface area contributed by atoms with Crippen LogP contribution in [0, 0.1) is 11.8 Å². The topological polar surface area (TPSA) is 15.3 Å². The Morgan fingerprint density at radius 2 is 2.06 bits per heavy atom. The molecule has 1 unspecified atom stereocenters. The Labute approximate surface area is 110 Å². The molecule has 1 N–H and O–H groups in total. The molecule has 1 heterocycles. The first-order valence-corrected chi connectivity index (χ1v) is 6.81. The van der Waals surface area contributed by atoms with Gasteiger partial charge < -0.3 is 5.32 Å². The van der Waals surface area contributed by atoms with Gasteiger partial charge in [0.1, 0.15) is 0 Å². The Hall–Kier alpha value is -1.30. The van der Waals surface area contributed by atoms with Gasteiger partial charge in [-0.15, -0.1) is 0 Å². The molecular weight excluding hydrogens is 220 g/mol. The summed E-state index contributed by atoms with van der Waals surface area (Å²) in [6, 6.07) is 10.9. The standard InChI is InChI=1S/C16H22N2/c1-18(16-10-5-12-17-13-11-16)14-6-9-15-7-3-2-4-8-15/h2-4,7-8,16-17H,5,10-14H2,1H3. The third kappa shape index (κ3) is 4.18. The Kier molecular flexibility index (Phi) is 5.26. The fourth-order valence-corrected chi connectivity index (χ4v) is 2.36. The molecule has 2 heteroatoms. The highest BCUT2D eigenvalue weighted by atomic mass is 15.1. The monoisotopic (exact) mass is 242 g/mol. The first kappa shape index (κ1) is 13.1. The van der Waals surface area contributed by atoms with Crippen molar-refractivity contribution in [2.75, 3.05) is 26.7 Å². The largest absolute Gasteiger partial charge is 0.317 e. The molecule has 1 fully saturated rings. The predicted molar refractivity (Wildman–Crippen MR) is 76.5 cm³/mol. The third-order valence-electron chi connectivity index (χ3n) is 3.50. The summed E-state index contributed by atoms with van der Waals surface area (Å²) in [7, 11) is 2.19. The number of nitrogens with one attached hydrogen (secondary N) is 1. The van der Waals surface area contributed by atoms with Crippen molar-refractivity contribution < 1.29 is 0 Å². The Bertz CT molecular complexity index is 394. The summed E-state index contributed by atoms with van der Waals surface area (Å²) in [6.07, 6.45) is 3.81. The van der Waals surface area contributed by atoms with Gasteiger partial charge in [-0.2, -0.15) is 0 Å². The molecule has 0 radical (unpaired) electrons. The lowest BCUT2D eigenvalue weighted by Crippen LogP contribution is -2.32. The summed E-state index contributed by atoms with van der Waals surface area (Å²) < 4.78 is 0. The van der Waals surface area contributed by atoms with E-state index >= 15 is 0 Å². The fraction of sp³-hybridized carbons (Fsp3) is 0.500. The molecule has 0 saturated carbocycles. The zero-order chi connectivity index (χ0) is 12.6. The van der Waals surface area contributed by atoms with Crippen LogP contribution in [0.4, 0.5) is 0 Å². The first-order valence-electron chi connectivity index (χ1n) is 6.81. The number of hydrogen-bond acceptors (Lipinski definition) is 2. The van der Waals surface area contributed by atoms with Crippen LogP contribution >= 0.6 is 0 Å². The molecule has 0 bridgehead atoms. The number of benzene rings is 1. The molecule has 1 aliphatic heterocycles. The molecule has 0 aromatic heterocycles. The third-order valence-corrected chi connectivity index (χ3v) is 3.50. The van der Waals surface area contributed by atoms with Crippen molar-refractivity contribution in [3.8, 4) is 11.8 Å². The molecule has 0 aliphatic carbocycles. The normalized spacial score (nSPS) is 20.0. The molecule has 2 nitrogen and oxygen atoms in total. The van der Waals surface area contributed by atoms with Crippen LogP contribution in [0.25, 0.3) is 0 Å². The fourth-order valence-electron chi connectivity index (χ4n) is 2.36. The van der Waals surface area contributed by atoms with Gasteiger partial charge in [-0.05, 0) is 51.5 Å². The van der Waals surface area contributed by atoms with Crippen LogP contribution in [0.5, 0.6) is 0 Å². The average Bonchev–Trinajstić information content (AvgIpc) is 2.69. The second-order valence-corrected chi connectivity index (χ2v) is 4.92. The van der Waals surface area contributed by atoms with E-state index in [9.17, 15) is 0 Å². The van der Waals surface area contributed by atoms with Gasteiger partial charge in [-0.1, -0.05) is 30.0 Å². The van der Waals surface area contributed by atoms with E-state index in [0.717, 1.165) is 18.7 Å². The van der Waals surface area contributed by atoms with Gasteiger partial charge in [0.05, 0.1) is 6.54 Å². The summed E-state index contributed by atoms with van der Waals surface area (Å²) >= 11 is 0. The van der Waals surface area contributed by atoms with Crippen molar-refractivity contribution in [1.29, 1.82) is 0 Å². The lowest BCUT2D eigenvalue weighted by molar-refractivity contribution is 0.250. The Balaban J connectivity index is 1.84. The van der Waals surface area contributed by atoms with Crippen LogP contribution in [-0.4, -0.2) is 37.6 Å². The van der Waals surface area contributed by atoms with Crippen molar-refractivity contribution >= 4 is 0 Å². The molecule has 2 rings (SSSR count). The SMILES string of the molecule is CN(CC#Cc1ccccc1)C1CCCNCC1. The zero-order valence-electron chi connectivity index (χ0n) is 11.2. The van der Waals surface area contributed by atoms with Gasteiger partial charge in [0.15, 0.2) is 0 Å².